The van der Waals surface area contributed by atoms with Gasteiger partial charge in [0.15, 0.2) is 0 Å². The number of nitrogens with zero attached hydrogens (tertiary/aromatic N) is 4. The molecular formula is C40H44N6. The molecule has 4 heterocycles. The van der Waals surface area contributed by atoms with E-state index in [1.54, 1.807) is 0 Å². The summed E-state index contributed by atoms with van der Waals surface area (Å²) >= 11 is 0. The summed E-state index contributed by atoms with van der Waals surface area (Å²) in [4.78, 5) is 15.1. The Labute approximate surface area is 271 Å². The number of aromatic nitrogens is 2. The van der Waals surface area contributed by atoms with Gasteiger partial charge in [0.2, 0.25) is 0 Å². The molecule has 2 N–H and O–H groups in total. The van der Waals surface area contributed by atoms with Gasteiger partial charge in [0, 0.05) is 47.7 Å². The van der Waals surface area contributed by atoms with E-state index in [-0.39, 0.29) is 0 Å². The molecule has 0 spiro atoms. The van der Waals surface area contributed by atoms with Crippen LogP contribution >= 0.6 is 0 Å². The Balaban J connectivity index is 0.801. The van der Waals surface area contributed by atoms with E-state index < -0.39 is 0 Å². The largest absolute Gasteiger partial charge is 0.383 e. The summed E-state index contributed by atoms with van der Waals surface area (Å²) in [6, 6.07) is 34.0. The average molecular weight is 609 g/mol. The number of benzene rings is 4. The highest BCUT2D eigenvalue weighted by Crippen LogP contribution is 2.34. The fourth-order valence-electron chi connectivity index (χ4n) is 8.03. The first-order chi connectivity index (χ1) is 22.8. The van der Waals surface area contributed by atoms with Crippen LogP contribution in [0.4, 0.5) is 11.4 Å². The van der Waals surface area contributed by atoms with Crippen molar-refractivity contribution in [2.75, 3.05) is 63.0 Å². The monoisotopic (exact) mass is 608 g/mol. The van der Waals surface area contributed by atoms with Crippen LogP contribution in [0.25, 0.3) is 43.6 Å². The molecular weight excluding hydrogens is 564 g/mol. The summed E-state index contributed by atoms with van der Waals surface area (Å²) in [6.07, 6.45) is 5.37. The maximum absolute atomic E-state index is 4.88. The summed E-state index contributed by atoms with van der Waals surface area (Å²) in [5.41, 5.74) is 6.68. The first-order valence-corrected chi connectivity index (χ1v) is 17.3. The Kier molecular flexibility index (Phi) is 8.39. The Bertz CT molecular complexity index is 1700. The predicted molar refractivity (Wildman–Crippen MR) is 194 cm³/mol. The normalized spacial score (nSPS) is 17.3. The van der Waals surface area contributed by atoms with E-state index in [4.69, 9.17) is 9.97 Å². The molecule has 0 atom stereocenters. The van der Waals surface area contributed by atoms with E-state index in [2.05, 4.69) is 117 Å². The maximum Gasteiger partial charge on any atom is 0.0730 e. The minimum Gasteiger partial charge on any atom is -0.383 e. The molecule has 0 bridgehead atoms. The SMILES string of the molecule is c1ccc2c(NCCN3CCC(C4CCN(CCNc5c6ccccc6nc6ccccc56)CC4)CC3)c3ccccc3nc2c1. The van der Waals surface area contributed by atoms with Crippen LogP contribution in [0.2, 0.25) is 0 Å². The van der Waals surface area contributed by atoms with Crippen LogP contribution in [-0.2, 0) is 0 Å². The number of likely N-dealkylation sites (tertiary alicyclic amines) is 2. The van der Waals surface area contributed by atoms with Gasteiger partial charge in [-0.15, -0.1) is 0 Å². The lowest BCUT2D eigenvalue weighted by Gasteiger charge is -2.40. The quantitative estimate of drug-likeness (QED) is 0.162. The molecule has 234 valence electrons. The first kappa shape index (κ1) is 29.2. The third-order valence-corrected chi connectivity index (χ3v) is 10.6. The van der Waals surface area contributed by atoms with Crippen LogP contribution < -0.4 is 10.6 Å². The van der Waals surface area contributed by atoms with Gasteiger partial charge in [0.25, 0.3) is 0 Å². The van der Waals surface area contributed by atoms with Crippen molar-refractivity contribution in [3.05, 3.63) is 97.1 Å². The second-order valence-electron chi connectivity index (χ2n) is 13.3. The number of para-hydroxylation sites is 4. The van der Waals surface area contributed by atoms with E-state index in [0.717, 1.165) is 60.1 Å². The third-order valence-electron chi connectivity index (χ3n) is 10.6. The van der Waals surface area contributed by atoms with Gasteiger partial charge in [0.05, 0.1) is 33.4 Å². The van der Waals surface area contributed by atoms with Gasteiger partial charge >= 0.3 is 0 Å². The van der Waals surface area contributed by atoms with Crippen LogP contribution in [0.3, 0.4) is 0 Å². The van der Waals surface area contributed by atoms with Crippen molar-refractivity contribution in [1.29, 1.82) is 0 Å². The molecule has 8 rings (SSSR count). The molecule has 2 fully saturated rings. The number of piperidine rings is 2. The van der Waals surface area contributed by atoms with E-state index in [1.165, 1.54) is 84.8 Å². The van der Waals surface area contributed by atoms with Crippen LogP contribution in [0.15, 0.2) is 97.1 Å². The highest BCUT2D eigenvalue weighted by Gasteiger charge is 2.29. The van der Waals surface area contributed by atoms with Gasteiger partial charge in [-0.1, -0.05) is 72.8 Å². The molecule has 0 amide bonds. The Hall–Kier alpha value is -4.26. The number of hydrogen-bond donors (Lipinski definition) is 2. The molecule has 2 saturated heterocycles. The molecule has 0 saturated carbocycles. The predicted octanol–water partition coefficient (Wildman–Crippen LogP) is 8.04. The van der Waals surface area contributed by atoms with E-state index >= 15 is 0 Å². The van der Waals surface area contributed by atoms with E-state index in [9.17, 15) is 0 Å². The Morgan fingerprint density at radius 1 is 0.457 bits per heavy atom. The standard InChI is InChI=1S/C40H44N6/c1-5-13-35-31(9-1)39(32-10-2-6-14-36(32)43-35)41-21-27-45-23-17-29(18-24-45)30-19-25-46(26-20-30)28-22-42-40-33-11-3-7-15-37(33)44-38-16-8-4-12-34(38)40/h1-16,29-30H,17-28H2,(H,41,43)(H,42,44). The molecule has 0 aliphatic carbocycles. The van der Waals surface area contributed by atoms with Crippen molar-refractivity contribution in [2.45, 2.75) is 25.7 Å². The number of hydrogen-bond acceptors (Lipinski definition) is 6. The maximum atomic E-state index is 4.88. The molecule has 6 heteroatoms. The van der Waals surface area contributed by atoms with Gasteiger partial charge in [-0.05, 0) is 88.0 Å². The fourth-order valence-corrected chi connectivity index (χ4v) is 8.03. The van der Waals surface area contributed by atoms with Gasteiger partial charge in [-0.2, -0.15) is 0 Å². The Morgan fingerprint density at radius 3 is 1.09 bits per heavy atom. The van der Waals surface area contributed by atoms with Crippen LogP contribution in [-0.4, -0.2) is 72.1 Å². The lowest BCUT2D eigenvalue weighted by atomic mass is 9.79. The minimum absolute atomic E-state index is 0.882. The molecule has 6 nitrogen and oxygen atoms in total. The number of pyridine rings is 2. The van der Waals surface area contributed by atoms with Crippen molar-refractivity contribution >= 4 is 55.0 Å². The summed E-state index contributed by atoms with van der Waals surface area (Å²) in [7, 11) is 0. The molecule has 2 aliphatic rings. The van der Waals surface area contributed by atoms with E-state index in [1.807, 2.05) is 0 Å². The van der Waals surface area contributed by atoms with Crippen molar-refractivity contribution in [2.24, 2.45) is 11.8 Å². The van der Waals surface area contributed by atoms with E-state index in [0.29, 0.717) is 0 Å². The number of fused-ring (bicyclic) bond motifs is 4. The van der Waals surface area contributed by atoms with Gasteiger partial charge in [-0.25, -0.2) is 9.97 Å². The van der Waals surface area contributed by atoms with Crippen molar-refractivity contribution in [1.82, 2.24) is 19.8 Å². The lowest BCUT2D eigenvalue weighted by molar-refractivity contribution is 0.0996. The van der Waals surface area contributed by atoms with Crippen molar-refractivity contribution < 1.29 is 0 Å². The molecule has 2 aromatic heterocycles. The van der Waals surface area contributed by atoms with Crippen LogP contribution in [0.5, 0.6) is 0 Å². The first-order valence-electron chi connectivity index (χ1n) is 17.3. The van der Waals surface area contributed by atoms with Crippen LogP contribution in [0.1, 0.15) is 25.7 Å². The lowest BCUT2D eigenvalue weighted by Crippen LogP contribution is -2.42. The number of anilines is 2. The van der Waals surface area contributed by atoms with Crippen LogP contribution in [0, 0.1) is 11.8 Å². The Morgan fingerprint density at radius 2 is 0.761 bits per heavy atom. The zero-order chi connectivity index (χ0) is 30.7. The zero-order valence-electron chi connectivity index (χ0n) is 26.7. The zero-order valence-corrected chi connectivity index (χ0v) is 26.7. The molecule has 0 unspecified atom stereocenters. The van der Waals surface area contributed by atoms with Gasteiger partial charge < -0.3 is 20.4 Å². The van der Waals surface area contributed by atoms with Crippen molar-refractivity contribution in [3.8, 4) is 0 Å². The third kappa shape index (κ3) is 6.00. The summed E-state index contributed by atoms with van der Waals surface area (Å²) in [6.45, 7) is 8.99. The smallest absolute Gasteiger partial charge is 0.0730 e. The topological polar surface area (TPSA) is 56.3 Å². The highest BCUT2D eigenvalue weighted by molar-refractivity contribution is 6.08. The van der Waals surface area contributed by atoms with Gasteiger partial charge in [-0.3, -0.25) is 0 Å². The molecule has 4 aromatic carbocycles. The second-order valence-corrected chi connectivity index (χ2v) is 13.3. The molecule has 6 aromatic rings. The average Bonchev–Trinajstić information content (AvgIpc) is 3.11. The summed E-state index contributed by atoms with van der Waals surface area (Å²) in [5.74, 6) is 1.76. The number of rotatable bonds is 9. The molecule has 0 radical (unpaired) electrons. The molecule has 46 heavy (non-hydrogen) atoms. The fraction of sp³-hybridized carbons (Fsp3) is 0.350. The second kappa shape index (κ2) is 13.2. The number of nitrogens with one attached hydrogen (secondary N) is 2. The summed E-state index contributed by atoms with van der Waals surface area (Å²) < 4.78 is 0. The highest BCUT2D eigenvalue weighted by atomic mass is 15.2. The minimum atomic E-state index is 0.882. The molecule has 2 aliphatic heterocycles. The summed E-state index contributed by atoms with van der Waals surface area (Å²) in [5, 5.41) is 12.5. The van der Waals surface area contributed by atoms with Crippen molar-refractivity contribution in [3.63, 3.8) is 0 Å². The van der Waals surface area contributed by atoms with Gasteiger partial charge in [0.1, 0.15) is 0 Å².